The highest BCUT2D eigenvalue weighted by molar-refractivity contribution is 7.09. The molecular weight excluding hydrogens is 334 g/mol. The molecule has 3 aromatic heterocycles. The number of aryl methyl sites for hydroxylation is 1. The molecule has 0 aliphatic carbocycles. The van der Waals surface area contributed by atoms with E-state index in [1.54, 1.807) is 35.9 Å². The van der Waals surface area contributed by atoms with Gasteiger partial charge >= 0.3 is 0 Å². The molecule has 2 N–H and O–H groups in total. The Morgan fingerprint density at radius 2 is 2.04 bits per heavy atom. The van der Waals surface area contributed by atoms with E-state index < -0.39 is 0 Å². The van der Waals surface area contributed by atoms with Crippen molar-refractivity contribution in [3.63, 3.8) is 0 Å². The topological polar surface area (TPSA) is 79.8 Å². The van der Waals surface area contributed by atoms with Crippen LogP contribution in [0.25, 0.3) is 0 Å². The van der Waals surface area contributed by atoms with E-state index in [0.29, 0.717) is 24.5 Å². The second kappa shape index (κ2) is 8.34. The summed E-state index contributed by atoms with van der Waals surface area (Å²) in [5.41, 5.74) is 2.51. The van der Waals surface area contributed by atoms with Gasteiger partial charge in [-0.15, -0.1) is 11.3 Å². The average molecular weight is 353 g/mol. The summed E-state index contributed by atoms with van der Waals surface area (Å²) in [5, 5.41) is 8.98. The molecule has 0 fully saturated rings. The fourth-order valence-electron chi connectivity index (χ4n) is 2.17. The van der Waals surface area contributed by atoms with Crippen LogP contribution in [0.3, 0.4) is 0 Å². The summed E-state index contributed by atoms with van der Waals surface area (Å²) < 4.78 is 0. The summed E-state index contributed by atoms with van der Waals surface area (Å²) in [5.74, 6) is 0.548. The highest BCUT2D eigenvalue weighted by Crippen LogP contribution is 2.11. The van der Waals surface area contributed by atoms with Gasteiger partial charge in [0.1, 0.15) is 10.8 Å². The molecule has 6 nitrogen and oxygen atoms in total. The molecule has 0 saturated carbocycles. The molecule has 1 amide bonds. The fraction of sp³-hybridized carbons (Fsp3) is 0.222. The lowest BCUT2D eigenvalue weighted by Crippen LogP contribution is -2.22. The second-order valence-electron chi connectivity index (χ2n) is 5.38. The van der Waals surface area contributed by atoms with Crippen LogP contribution in [0.4, 0.5) is 5.82 Å². The quantitative estimate of drug-likeness (QED) is 0.682. The molecule has 0 unspecified atom stereocenters. The SMILES string of the molecule is CCc1csc(CNC(=O)c2ccc(NCc3ccccn3)nc2)n1. The average Bonchev–Trinajstić information content (AvgIpc) is 3.14. The van der Waals surface area contributed by atoms with E-state index in [1.165, 1.54) is 0 Å². The van der Waals surface area contributed by atoms with Crippen molar-refractivity contribution in [1.29, 1.82) is 0 Å². The van der Waals surface area contributed by atoms with E-state index >= 15 is 0 Å². The Hall–Kier alpha value is -2.80. The van der Waals surface area contributed by atoms with Gasteiger partial charge in [0, 0.05) is 17.8 Å². The third-order valence-corrected chi connectivity index (χ3v) is 4.46. The summed E-state index contributed by atoms with van der Waals surface area (Å²) >= 11 is 1.56. The molecule has 25 heavy (non-hydrogen) atoms. The van der Waals surface area contributed by atoms with E-state index in [1.807, 2.05) is 23.6 Å². The molecule has 128 valence electrons. The lowest BCUT2D eigenvalue weighted by molar-refractivity contribution is 0.0950. The van der Waals surface area contributed by atoms with E-state index in [-0.39, 0.29) is 5.91 Å². The zero-order valence-corrected chi connectivity index (χ0v) is 14.7. The number of pyridine rings is 2. The van der Waals surface area contributed by atoms with Crippen molar-refractivity contribution in [2.75, 3.05) is 5.32 Å². The van der Waals surface area contributed by atoms with Crippen LogP contribution in [-0.4, -0.2) is 20.9 Å². The smallest absolute Gasteiger partial charge is 0.253 e. The Kier molecular flexibility index (Phi) is 5.69. The number of hydrogen-bond acceptors (Lipinski definition) is 6. The van der Waals surface area contributed by atoms with Gasteiger partial charge in [-0.05, 0) is 30.7 Å². The first-order valence-corrected chi connectivity index (χ1v) is 8.94. The molecule has 3 aromatic rings. The maximum atomic E-state index is 12.2. The Morgan fingerprint density at radius 3 is 2.72 bits per heavy atom. The first kappa shape index (κ1) is 17.0. The number of nitrogens with zero attached hydrogens (tertiary/aromatic N) is 3. The van der Waals surface area contributed by atoms with Crippen molar-refractivity contribution in [2.24, 2.45) is 0 Å². The lowest BCUT2D eigenvalue weighted by Gasteiger charge is -2.06. The first-order chi connectivity index (χ1) is 12.2. The molecule has 3 heterocycles. The minimum absolute atomic E-state index is 0.156. The van der Waals surface area contributed by atoms with E-state index in [0.717, 1.165) is 22.8 Å². The number of thiazole rings is 1. The molecule has 0 atom stereocenters. The Balaban J connectivity index is 1.51. The summed E-state index contributed by atoms with van der Waals surface area (Å²) in [6, 6.07) is 9.30. The van der Waals surface area contributed by atoms with E-state index in [4.69, 9.17) is 0 Å². The van der Waals surface area contributed by atoms with Crippen molar-refractivity contribution in [1.82, 2.24) is 20.3 Å². The third kappa shape index (κ3) is 4.84. The molecule has 0 aromatic carbocycles. The van der Waals surface area contributed by atoms with Crippen molar-refractivity contribution in [3.8, 4) is 0 Å². The predicted octanol–water partition coefficient (Wildman–Crippen LogP) is 3.04. The van der Waals surface area contributed by atoms with Gasteiger partial charge < -0.3 is 10.6 Å². The zero-order valence-electron chi connectivity index (χ0n) is 13.9. The zero-order chi connectivity index (χ0) is 17.5. The standard InChI is InChI=1S/C18H19N5OS/c1-2-14-12-25-17(23-14)11-22-18(24)13-6-7-16(20-9-13)21-10-15-5-3-4-8-19-15/h3-9,12H,2,10-11H2,1H3,(H,20,21)(H,22,24). The summed E-state index contributed by atoms with van der Waals surface area (Å²) in [4.78, 5) is 25.1. The van der Waals surface area contributed by atoms with Crippen LogP contribution >= 0.6 is 11.3 Å². The lowest BCUT2D eigenvalue weighted by atomic mass is 10.2. The van der Waals surface area contributed by atoms with Crippen LogP contribution in [0.5, 0.6) is 0 Å². The van der Waals surface area contributed by atoms with Gasteiger partial charge in [0.05, 0.1) is 30.0 Å². The molecule has 0 radical (unpaired) electrons. The van der Waals surface area contributed by atoms with Gasteiger partial charge in [-0.3, -0.25) is 9.78 Å². The Bertz CT molecular complexity index is 817. The number of amides is 1. The normalized spacial score (nSPS) is 10.4. The Labute approximate surface area is 150 Å². The monoisotopic (exact) mass is 353 g/mol. The summed E-state index contributed by atoms with van der Waals surface area (Å²) in [6.07, 6.45) is 4.22. The molecule has 0 saturated heterocycles. The van der Waals surface area contributed by atoms with Crippen LogP contribution in [0.1, 0.15) is 33.7 Å². The number of carbonyl (C=O) groups excluding carboxylic acids is 1. The van der Waals surface area contributed by atoms with E-state index in [2.05, 4.69) is 32.5 Å². The summed E-state index contributed by atoms with van der Waals surface area (Å²) in [6.45, 7) is 3.08. The minimum atomic E-state index is -0.156. The fourth-order valence-corrected chi connectivity index (χ4v) is 2.98. The van der Waals surface area contributed by atoms with Gasteiger partial charge in [0.2, 0.25) is 0 Å². The molecule has 0 spiro atoms. The highest BCUT2D eigenvalue weighted by atomic mass is 32.1. The number of rotatable bonds is 7. The number of aromatic nitrogens is 3. The number of nitrogens with one attached hydrogen (secondary N) is 2. The number of carbonyl (C=O) groups is 1. The number of anilines is 1. The molecule has 0 aliphatic rings. The predicted molar refractivity (Wildman–Crippen MR) is 98.5 cm³/mol. The summed E-state index contributed by atoms with van der Waals surface area (Å²) in [7, 11) is 0. The molecule has 0 aliphatic heterocycles. The molecule has 3 rings (SSSR count). The van der Waals surface area contributed by atoms with Crippen molar-refractivity contribution in [2.45, 2.75) is 26.4 Å². The van der Waals surface area contributed by atoms with Gasteiger partial charge in [-0.25, -0.2) is 9.97 Å². The van der Waals surface area contributed by atoms with Gasteiger partial charge in [0.15, 0.2) is 0 Å². The van der Waals surface area contributed by atoms with Crippen LogP contribution in [-0.2, 0) is 19.5 Å². The third-order valence-electron chi connectivity index (χ3n) is 3.56. The van der Waals surface area contributed by atoms with Gasteiger partial charge in [-0.2, -0.15) is 0 Å². The maximum absolute atomic E-state index is 12.2. The second-order valence-corrected chi connectivity index (χ2v) is 6.32. The van der Waals surface area contributed by atoms with Gasteiger partial charge in [-0.1, -0.05) is 13.0 Å². The molecule has 7 heteroatoms. The highest BCUT2D eigenvalue weighted by Gasteiger charge is 2.08. The number of hydrogen-bond donors (Lipinski definition) is 2. The van der Waals surface area contributed by atoms with Crippen LogP contribution in [0, 0.1) is 0 Å². The van der Waals surface area contributed by atoms with Crippen LogP contribution in [0.15, 0.2) is 48.1 Å². The molecule has 0 bridgehead atoms. The van der Waals surface area contributed by atoms with E-state index in [9.17, 15) is 4.79 Å². The largest absolute Gasteiger partial charge is 0.364 e. The van der Waals surface area contributed by atoms with Crippen LogP contribution in [0.2, 0.25) is 0 Å². The van der Waals surface area contributed by atoms with Gasteiger partial charge in [0.25, 0.3) is 5.91 Å². The first-order valence-electron chi connectivity index (χ1n) is 8.06. The molecular formula is C18H19N5OS. The van der Waals surface area contributed by atoms with Crippen molar-refractivity contribution in [3.05, 3.63) is 70.1 Å². The maximum Gasteiger partial charge on any atom is 0.253 e. The van der Waals surface area contributed by atoms with Crippen LogP contribution < -0.4 is 10.6 Å². The minimum Gasteiger partial charge on any atom is -0.364 e. The van der Waals surface area contributed by atoms with Crippen molar-refractivity contribution >= 4 is 23.1 Å². The Morgan fingerprint density at radius 1 is 1.12 bits per heavy atom. The van der Waals surface area contributed by atoms with Crippen molar-refractivity contribution < 1.29 is 4.79 Å².